The Morgan fingerprint density at radius 3 is 2.61 bits per heavy atom. The van der Waals surface area contributed by atoms with Crippen LogP contribution in [0.5, 0.6) is 0 Å². The summed E-state index contributed by atoms with van der Waals surface area (Å²) < 4.78 is 0. The summed E-state index contributed by atoms with van der Waals surface area (Å²) in [6, 6.07) is 8.62. The molecule has 0 spiro atoms. The molecule has 0 aliphatic heterocycles. The summed E-state index contributed by atoms with van der Waals surface area (Å²) >= 11 is 0. The fraction of sp³-hybridized carbons (Fsp3) is 0.400. The van der Waals surface area contributed by atoms with E-state index in [-0.39, 0.29) is 0 Å². The average Bonchev–Trinajstić information content (AvgIpc) is 2.89. The van der Waals surface area contributed by atoms with Gasteiger partial charge in [-0.05, 0) is 30.5 Å². The predicted octanol–water partition coefficient (Wildman–Crippen LogP) is 3.09. The Morgan fingerprint density at radius 2 is 2.00 bits per heavy atom. The fourth-order valence-electron chi connectivity index (χ4n) is 2.04. The lowest BCUT2D eigenvalue weighted by Crippen LogP contribution is -2.05. The molecular formula is C15H21N3. The second-order valence-corrected chi connectivity index (χ2v) is 4.71. The second-order valence-electron chi connectivity index (χ2n) is 4.71. The summed E-state index contributed by atoms with van der Waals surface area (Å²) in [5, 5.41) is 0. The lowest BCUT2D eigenvalue weighted by atomic mass is 10.1. The maximum atomic E-state index is 5.57. The number of nitrogens with two attached hydrogens (primary N) is 1. The highest BCUT2D eigenvalue weighted by atomic mass is 14.9. The number of imidazole rings is 1. The average molecular weight is 243 g/mol. The van der Waals surface area contributed by atoms with Crippen molar-refractivity contribution in [2.45, 2.75) is 32.6 Å². The second kappa shape index (κ2) is 5.83. The zero-order valence-electron chi connectivity index (χ0n) is 11.1. The summed E-state index contributed by atoms with van der Waals surface area (Å²) in [6.45, 7) is 5.01. The van der Waals surface area contributed by atoms with E-state index in [1.54, 1.807) is 0 Å². The van der Waals surface area contributed by atoms with Gasteiger partial charge in [-0.2, -0.15) is 0 Å². The molecule has 1 heterocycles. The maximum absolute atomic E-state index is 5.57. The van der Waals surface area contributed by atoms with Crippen LogP contribution in [-0.2, 0) is 6.42 Å². The topological polar surface area (TPSA) is 54.7 Å². The number of rotatable bonds is 5. The molecule has 96 valence electrons. The number of H-pyrrole nitrogens is 1. The van der Waals surface area contributed by atoms with Crippen molar-refractivity contribution in [1.29, 1.82) is 0 Å². The van der Waals surface area contributed by atoms with Crippen molar-refractivity contribution in [3.05, 3.63) is 41.9 Å². The molecule has 3 heteroatoms. The SMILES string of the molecule is CCc1ccc(-c2cnc(C(C)CCN)[nH]2)cc1. The molecule has 2 aromatic rings. The molecule has 0 radical (unpaired) electrons. The van der Waals surface area contributed by atoms with Gasteiger partial charge >= 0.3 is 0 Å². The summed E-state index contributed by atoms with van der Waals surface area (Å²) in [7, 11) is 0. The van der Waals surface area contributed by atoms with Gasteiger partial charge in [0.2, 0.25) is 0 Å². The summed E-state index contributed by atoms with van der Waals surface area (Å²) in [5.74, 6) is 1.41. The molecular weight excluding hydrogens is 222 g/mol. The number of benzene rings is 1. The molecule has 0 aliphatic carbocycles. The van der Waals surface area contributed by atoms with Crippen LogP contribution < -0.4 is 5.73 Å². The normalized spacial score (nSPS) is 12.6. The van der Waals surface area contributed by atoms with Crippen molar-refractivity contribution in [1.82, 2.24) is 9.97 Å². The molecule has 3 N–H and O–H groups in total. The third-order valence-corrected chi connectivity index (χ3v) is 3.34. The highest BCUT2D eigenvalue weighted by Gasteiger charge is 2.09. The number of aromatic amines is 1. The third kappa shape index (κ3) is 2.79. The van der Waals surface area contributed by atoms with Gasteiger partial charge in [-0.1, -0.05) is 38.1 Å². The molecule has 0 bridgehead atoms. The van der Waals surface area contributed by atoms with Gasteiger partial charge in [0.15, 0.2) is 0 Å². The summed E-state index contributed by atoms with van der Waals surface area (Å²) in [6.07, 6.45) is 3.94. The molecule has 0 saturated carbocycles. The minimum Gasteiger partial charge on any atom is -0.342 e. The van der Waals surface area contributed by atoms with Gasteiger partial charge in [-0.25, -0.2) is 4.98 Å². The molecule has 0 amide bonds. The van der Waals surface area contributed by atoms with E-state index in [1.165, 1.54) is 11.1 Å². The lowest BCUT2D eigenvalue weighted by molar-refractivity contribution is 0.655. The highest BCUT2D eigenvalue weighted by molar-refractivity contribution is 5.58. The van der Waals surface area contributed by atoms with Gasteiger partial charge in [-0.15, -0.1) is 0 Å². The van der Waals surface area contributed by atoms with Crippen molar-refractivity contribution >= 4 is 0 Å². The molecule has 1 unspecified atom stereocenters. The predicted molar refractivity (Wildman–Crippen MR) is 75.5 cm³/mol. The minimum absolute atomic E-state index is 0.388. The molecule has 2 rings (SSSR count). The summed E-state index contributed by atoms with van der Waals surface area (Å²) in [5.41, 5.74) is 9.20. The van der Waals surface area contributed by atoms with Crippen LogP contribution >= 0.6 is 0 Å². The molecule has 1 atom stereocenters. The van der Waals surface area contributed by atoms with E-state index in [4.69, 9.17) is 5.73 Å². The smallest absolute Gasteiger partial charge is 0.109 e. The van der Waals surface area contributed by atoms with Crippen LogP contribution in [0.15, 0.2) is 30.5 Å². The largest absolute Gasteiger partial charge is 0.342 e. The van der Waals surface area contributed by atoms with Crippen LogP contribution in [0.4, 0.5) is 0 Å². The first kappa shape index (κ1) is 12.8. The van der Waals surface area contributed by atoms with E-state index in [0.29, 0.717) is 12.5 Å². The van der Waals surface area contributed by atoms with Crippen molar-refractivity contribution in [3.63, 3.8) is 0 Å². The Kier molecular flexibility index (Phi) is 4.15. The van der Waals surface area contributed by atoms with Crippen molar-refractivity contribution < 1.29 is 0 Å². The van der Waals surface area contributed by atoms with Gasteiger partial charge in [0.25, 0.3) is 0 Å². The molecule has 1 aromatic carbocycles. The van der Waals surface area contributed by atoms with Gasteiger partial charge in [0, 0.05) is 5.92 Å². The minimum atomic E-state index is 0.388. The number of aromatic nitrogens is 2. The number of hydrogen-bond acceptors (Lipinski definition) is 2. The van der Waals surface area contributed by atoms with Crippen LogP contribution in [-0.4, -0.2) is 16.5 Å². The van der Waals surface area contributed by atoms with E-state index >= 15 is 0 Å². The highest BCUT2D eigenvalue weighted by Crippen LogP contribution is 2.21. The first-order chi connectivity index (χ1) is 8.74. The van der Waals surface area contributed by atoms with E-state index in [1.807, 2.05) is 6.20 Å². The quantitative estimate of drug-likeness (QED) is 0.847. The van der Waals surface area contributed by atoms with Crippen LogP contribution in [0.1, 0.15) is 37.6 Å². The molecule has 0 saturated heterocycles. The molecule has 1 aromatic heterocycles. The molecule has 18 heavy (non-hydrogen) atoms. The number of aryl methyl sites for hydroxylation is 1. The number of nitrogens with one attached hydrogen (secondary N) is 1. The van der Waals surface area contributed by atoms with Gasteiger partial charge in [0.05, 0.1) is 11.9 Å². The van der Waals surface area contributed by atoms with Crippen LogP contribution in [0.25, 0.3) is 11.3 Å². The maximum Gasteiger partial charge on any atom is 0.109 e. The third-order valence-electron chi connectivity index (χ3n) is 3.34. The van der Waals surface area contributed by atoms with Gasteiger partial charge in [0.1, 0.15) is 5.82 Å². The fourth-order valence-corrected chi connectivity index (χ4v) is 2.04. The summed E-state index contributed by atoms with van der Waals surface area (Å²) in [4.78, 5) is 7.83. The Bertz CT molecular complexity index is 485. The Labute approximate surface area is 108 Å². The zero-order chi connectivity index (χ0) is 13.0. The van der Waals surface area contributed by atoms with Crippen LogP contribution in [0, 0.1) is 0 Å². The number of hydrogen-bond donors (Lipinski definition) is 2. The van der Waals surface area contributed by atoms with Crippen LogP contribution in [0.3, 0.4) is 0 Å². The van der Waals surface area contributed by atoms with E-state index < -0.39 is 0 Å². The van der Waals surface area contributed by atoms with Crippen molar-refractivity contribution in [2.75, 3.05) is 6.54 Å². The monoisotopic (exact) mass is 243 g/mol. The van der Waals surface area contributed by atoms with E-state index in [9.17, 15) is 0 Å². The number of nitrogens with zero attached hydrogens (tertiary/aromatic N) is 1. The first-order valence-corrected chi connectivity index (χ1v) is 6.59. The van der Waals surface area contributed by atoms with Gasteiger partial charge in [-0.3, -0.25) is 0 Å². The van der Waals surface area contributed by atoms with Crippen molar-refractivity contribution in [3.8, 4) is 11.3 Å². The lowest BCUT2D eigenvalue weighted by Gasteiger charge is -2.05. The van der Waals surface area contributed by atoms with Crippen molar-refractivity contribution in [2.24, 2.45) is 5.73 Å². The first-order valence-electron chi connectivity index (χ1n) is 6.59. The van der Waals surface area contributed by atoms with E-state index in [2.05, 4.69) is 48.1 Å². The van der Waals surface area contributed by atoms with Crippen LogP contribution in [0.2, 0.25) is 0 Å². The zero-order valence-corrected chi connectivity index (χ0v) is 11.1. The Balaban J connectivity index is 2.18. The standard InChI is InChI=1S/C15H21N3/c1-3-12-4-6-13(7-5-12)14-10-17-15(18-14)11(2)8-9-16/h4-7,10-11H,3,8-9,16H2,1-2H3,(H,17,18). The Morgan fingerprint density at radius 1 is 1.28 bits per heavy atom. The molecule has 0 aliphatic rings. The Hall–Kier alpha value is -1.61. The molecule has 3 nitrogen and oxygen atoms in total. The van der Waals surface area contributed by atoms with E-state index in [0.717, 1.165) is 24.4 Å². The van der Waals surface area contributed by atoms with Gasteiger partial charge < -0.3 is 10.7 Å². The molecule has 0 fully saturated rings.